The van der Waals surface area contributed by atoms with Gasteiger partial charge in [-0.25, -0.2) is 13.4 Å². The van der Waals surface area contributed by atoms with Gasteiger partial charge in [0.2, 0.25) is 5.95 Å². The molecule has 180 valence electrons. The van der Waals surface area contributed by atoms with E-state index in [2.05, 4.69) is 32.6 Å². The van der Waals surface area contributed by atoms with Gasteiger partial charge in [-0.1, -0.05) is 25.5 Å². The highest BCUT2D eigenvalue weighted by Crippen LogP contribution is 2.24. The smallest absolute Gasteiger partial charge is 0.222 e. The molecule has 2 aromatic heterocycles. The van der Waals surface area contributed by atoms with Gasteiger partial charge in [-0.05, 0) is 18.1 Å². The van der Waals surface area contributed by atoms with Gasteiger partial charge in [0.25, 0.3) is 0 Å². The number of fused-ring (bicyclic) bond motifs is 1. The molecule has 1 atom stereocenters. The number of ether oxygens (including phenoxy) is 1. The van der Waals surface area contributed by atoms with Crippen LogP contribution >= 0.6 is 0 Å². The Hall–Kier alpha value is -2.96. The molecule has 6 N–H and O–H groups in total. The van der Waals surface area contributed by atoms with Gasteiger partial charge >= 0.3 is 0 Å². The predicted molar refractivity (Wildman–Crippen MR) is 130 cm³/mol. The maximum absolute atomic E-state index is 11.3. The number of anilines is 2. The zero-order valence-corrected chi connectivity index (χ0v) is 20.0. The first-order chi connectivity index (χ1) is 15.7. The third-order valence-corrected chi connectivity index (χ3v) is 5.96. The lowest BCUT2D eigenvalue weighted by Crippen LogP contribution is -2.29. The van der Waals surface area contributed by atoms with Crippen molar-refractivity contribution in [1.29, 1.82) is 0 Å². The quantitative estimate of drug-likeness (QED) is 0.220. The van der Waals surface area contributed by atoms with Gasteiger partial charge in [0, 0.05) is 24.9 Å². The zero-order valence-electron chi connectivity index (χ0n) is 19.2. The number of aromatic nitrogens is 4. The van der Waals surface area contributed by atoms with Crippen molar-refractivity contribution in [3.05, 3.63) is 35.5 Å². The molecule has 0 fully saturated rings. The Balaban J connectivity index is 1.76. The van der Waals surface area contributed by atoms with E-state index < -0.39 is 9.84 Å². The second-order valence-electron chi connectivity index (χ2n) is 7.98. The Morgan fingerprint density at radius 3 is 2.76 bits per heavy atom. The summed E-state index contributed by atoms with van der Waals surface area (Å²) < 4.78 is 29.8. The number of sulfone groups is 1. The van der Waals surface area contributed by atoms with Crippen LogP contribution in [0.5, 0.6) is 5.75 Å². The zero-order chi connectivity index (χ0) is 24.0. The second-order valence-corrected chi connectivity index (χ2v) is 10.2. The molecule has 0 radical (unpaired) electrons. The molecule has 0 saturated carbocycles. The summed E-state index contributed by atoms with van der Waals surface area (Å²) in [5.74, 6) is 1.48. The van der Waals surface area contributed by atoms with Gasteiger partial charge in [0.1, 0.15) is 21.1 Å². The Morgan fingerprint density at radius 2 is 2.06 bits per heavy atom. The molecule has 0 bridgehead atoms. The number of hydrogen-bond acceptors (Lipinski definition) is 10. The lowest BCUT2D eigenvalue weighted by atomic mass is 10.1. The molecule has 3 rings (SSSR count). The lowest BCUT2D eigenvalue weighted by molar-refractivity contribution is 0.406. The molecule has 12 heteroatoms. The van der Waals surface area contributed by atoms with Gasteiger partial charge < -0.3 is 26.8 Å². The minimum Gasteiger partial charge on any atom is -0.496 e. The van der Waals surface area contributed by atoms with Crippen LogP contribution in [-0.4, -0.2) is 60.0 Å². The van der Waals surface area contributed by atoms with E-state index in [9.17, 15) is 8.42 Å². The predicted octanol–water partition coefficient (Wildman–Crippen LogP) is 1.10. The fourth-order valence-corrected chi connectivity index (χ4v) is 3.93. The van der Waals surface area contributed by atoms with Gasteiger partial charge in [0.05, 0.1) is 31.8 Å². The molecule has 1 aromatic carbocycles. The summed E-state index contributed by atoms with van der Waals surface area (Å²) in [4.78, 5) is 8.56. The lowest BCUT2D eigenvalue weighted by Gasteiger charge is -2.13. The van der Waals surface area contributed by atoms with Crippen LogP contribution in [0.1, 0.15) is 30.9 Å². The Kier molecular flexibility index (Phi) is 8.06. The minimum atomic E-state index is -2.99. The van der Waals surface area contributed by atoms with Gasteiger partial charge in [-0.3, -0.25) is 4.68 Å². The van der Waals surface area contributed by atoms with Crippen molar-refractivity contribution in [3.63, 3.8) is 0 Å². The SMILES string of the molecule is CCCC(N)Nc1nc(N)nc2cn(Cc3ccc(CNCCS(C)(=O)=O)cc3OC)nc12. The van der Waals surface area contributed by atoms with E-state index in [-0.39, 0.29) is 17.9 Å². The molecule has 0 spiro atoms. The summed E-state index contributed by atoms with van der Waals surface area (Å²) in [6.45, 7) is 3.46. The number of nitrogens with zero attached hydrogens (tertiary/aromatic N) is 4. The van der Waals surface area contributed by atoms with Crippen LogP contribution in [-0.2, 0) is 22.9 Å². The molecule has 2 heterocycles. The van der Waals surface area contributed by atoms with Crippen LogP contribution in [0.15, 0.2) is 24.4 Å². The largest absolute Gasteiger partial charge is 0.496 e. The second kappa shape index (κ2) is 10.8. The summed E-state index contributed by atoms with van der Waals surface area (Å²) in [7, 11) is -1.37. The molecular formula is C21H32N8O3S. The molecule has 11 nitrogen and oxygen atoms in total. The average Bonchev–Trinajstić information content (AvgIpc) is 3.14. The number of rotatable bonds is 12. The third kappa shape index (κ3) is 7.01. The highest BCUT2D eigenvalue weighted by Gasteiger charge is 2.14. The van der Waals surface area contributed by atoms with E-state index >= 15 is 0 Å². The normalized spacial score (nSPS) is 12.7. The van der Waals surface area contributed by atoms with Crippen LogP contribution in [0.3, 0.4) is 0 Å². The van der Waals surface area contributed by atoms with E-state index in [1.54, 1.807) is 11.8 Å². The molecule has 0 aliphatic carbocycles. The van der Waals surface area contributed by atoms with E-state index in [0.29, 0.717) is 42.2 Å². The first kappa shape index (κ1) is 24.7. The maximum atomic E-state index is 11.3. The monoisotopic (exact) mass is 476 g/mol. The highest BCUT2D eigenvalue weighted by atomic mass is 32.2. The molecule has 0 saturated heterocycles. The standard InChI is InChI=1S/C21H32N8O3S/c1-4-5-18(22)26-20-19-16(25-21(23)27-20)13-29(28-19)12-15-7-6-14(10-17(15)32-2)11-24-8-9-33(3,30)31/h6-7,10,13,18,24H,4-5,8-9,11-12,22H2,1-3H3,(H3,23,25,26,27). The Morgan fingerprint density at radius 1 is 1.27 bits per heavy atom. The molecule has 1 unspecified atom stereocenters. The van der Waals surface area contributed by atoms with Crippen molar-refractivity contribution < 1.29 is 13.2 Å². The first-order valence-corrected chi connectivity index (χ1v) is 12.8. The van der Waals surface area contributed by atoms with Gasteiger partial charge in [-0.15, -0.1) is 0 Å². The topological polar surface area (TPSA) is 163 Å². The van der Waals surface area contributed by atoms with Crippen molar-refractivity contribution in [3.8, 4) is 5.75 Å². The average molecular weight is 477 g/mol. The summed E-state index contributed by atoms with van der Waals surface area (Å²) in [6.07, 6.45) is 4.51. The molecule has 3 aromatic rings. The number of benzene rings is 1. The summed E-state index contributed by atoms with van der Waals surface area (Å²) >= 11 is 0. The van der Waals surface area contributed by atoms with E-state index in [1.807, 2.05) is 24.4 Å². The van der Waals surface area contributed by atoms with E-state index in [0.717, 1.165) is 24.0 Å². The van der Waals surface area contributed by atoms with Crippen molar-refractivity contribution in [2.75, 3.05) is 36.7 Å². The maximum Gasteiger partial charge on any atom is 0.222 e. The van der Waals surface area contributed by atoms with Crippen LogP contribution < -0.4 is 26.8 Å². The van der Waals surface area contributed by atoms with Crippen LogP contribution in [0.25, 0.3) is 11.0 Å². The molecule has 0 aliphatic rings. The molecular weight excluding hydrogens is 444 g/mol. The van der Waals surface area contributed by atoms with Crippen LogP contribution in [0.2, 0.25) is 0 Å². The molecule has 0 aliphatic heterocycles. The van der Waals surface area contributed by atoms with Crippen molar-refractivity contribution in [2.45, 2.75) is 39.0 Å². The molecule has 33 heavy (non-hydrogen) atoms. The van der Waals surface area contributed by atoms with E-state index in [4.69, 9.17) is 16.2 Å². The number of nitrogens with two attached hydrogens (primary N) is 2. The number of nitrogens with one attached hydrogen (secondary N) is 2. The van der Waals surface area contributed by atoms with Crippen molar-refractivity contribution in [1.82, 2.24) is 25.1 Å². The fraction of sp³-hybridized carbons (Fsp3) is 0.476. The van der Waals surface area contributed by atoms with Crippen molar-refractivity contribution in [2.24, 2.45) is 5.73 Å². The Labute approximate surface area is 193 Å². The van der Waals surface area contributed by atoms with Gasteiger partial charge in [-0.2, -0.15) is 10.1 Å². The van der Waals surface area contributed by atoms with Gasteiger partial charge in [0.15, 0.2) is 11.3 Å². The first-order valence-electron chi connectivity index (χ1n) is 10.8. The molecule has 0 amide bonds. The van der Waals surface area contributed by atoms with Crippen LogP contribution in [0.4, 0.5) is 11.8 Å². The summed E-state index contributed by atoms with van der Waals surface area (Å²) in [5, 5.41) is 10.9. The fourth-order valence-electron chi connectivity index (χ4n) is 3.41. The van der Waals surface area contributed by atoms with Crippen molar-refractivity contribution >= 4 is 32.6 Å². The number of hydrogen-bond donors (Lipinski definition) is 4. The Bertz CT molecular complexity index is 1200. The highest BCUT2D eigenvalue weighted by molar-refractivity contribution is 7.90. The van der Waals surface area contributed by atoms with E-state index in [1.165, 1.54) is 6.26 Å². The van der Waals surface area contributed by atoms with Crippen LogP contribution in [0, 0.1) is 0 Å². The third-order valence-electron chi connectivity index (χ3n) is 5.01. The number of nitrogen functional groups attached to an aromatic ring is 1. The number of methoxy groups -OCH3 is 1. The summed E-state index contributed by atoms with van der Waals surface area (Å²) in [6, 6.07) is 5.87. The summed E-state index contributed by atoms with van der Waals surface area (Å²) in [5.41, 5.74) is 15.1. The minimum absolute atomic E-state index is 0.0999.